The molecule has 0 aliphatic carbocycles. The molecular formula is C16H15ClN4O2. The second-order valence-electron chi connectivity index (χ2n) is 5.51. The summed E-state index contributed by atoms with van der Waals surface area (Å²) in [7, 11) is 0. The number of nitrogens with zero attached hydrogens (tertiary/aromatic N) is 4. The van der Waals surface area contributed by atoms with E-state index >= 15 is 0 Å². The van der Waals surface area contributed by atoms with Crippen molar-refractivity contribution in [3.05, 3.63) is 47.1 Å². The lowest BCUT2D eigenvalue weighted by atomic mass is 10.2. The highest BCUT2D eigenvalue weighted by Gasteiger charge is 2.20. The largest absolute Gasteiger partial charge is 0.376 e. The van der Waals surface area contributed by atoms with Gasteiger partial charge < -0.3 is 9.47 Å². The molecule has 1 aliphatic rings. The summed E-state index contributed by atoms with van der Waals surface area (Å²) in [6, 6.07) is 5.70. The molecule has 0 aromatic carbocycles. The first kappa shape index (κ1) is 14.6. The average Bonchev–Trinajstić information content (AvgIpc) is 2.89. The standard InChI is InChI=1S/C16H15ClN4O2/c1-10-4-12(2-3-18-10)21-16-11(6-19-21)5-15(17)20-14(16)9-23-13-7-22-8-13/h2-6,13H,7-9H2,1H3. The van der Waals surface area contributed by atoms with Crippen LogP contribution < -0.4 is 0 Å². The highest BCUT2D eigenvalue weighted by Crippen LogP contribution is 2.25. The van der Waals surface area contributed by atoms with Crippen LogP contribution in [0.15, 0.2) is 30.6 Å². The monoisotopic (exact) mass is 330 g/mol. The molecule has 4 heterocycles. The van der Waals surface area contributed by atoms with Crippen LogP contribution in [0.4, 0.5) is 0 Å². The first-order valence-corrected chi connectivity index (χ1v) is 7.74. The Morgan fingerprint density at radius 3 is 3.00 bits per heavy atom. The van der Waals surface area contributed by atoms with Crippen LogP contribution in [0, 0.1) is 6.92 Å². The van der Waals surface area contributed by atoms with Crippen LogP contribution in [0.2, 0.25) is 5.15 Å². The lowest BCUT2D eigenvalue weighted by Gasteiger charge is -2.25. The van der Waals surface area contributed by atoms with Crippen molar-refractivity contribution >= 4 is 22.5 Å². The molecule has 3 aromatic heterocycles. The van der Waals surface area contributed by atoms with E-state index < -0.39 is 0 Å². The van der Waals surface area contributed by atoms with Crippen LogP contribution in [0.1, 0.15) is 11.4 Å². The predicted molar refractivity (Wildman–Crippen MR) is 85.8 cm³/mol. The van der Waals surface area contributed by atoms with Gasteiger partial charge >= 0.3 is 0 Å². The third kappa shape index (κ3) is 2.81. The SMILES string of the molecule is Cc1cc(-n2ncc3cc(Cl)nc(COC4COC4)c32)ccn1. The third-order valence-electron chi connectivity index (χ3n) is 3.78. The summed E-state index contributed by atoms with van der Waals surface area (Å²) in [6.45, 7) is 3.59. The Kier molecular flexibility index (Phi) is 3.72. The first-order valence-electron chi connectivity index (χ1n) is 7.36. The minimum atomic E-state index is 0.130. The van der Waals surface area contributed by atoms with E-state index in [4.69, 9.17) is 21.1 Å². The van der Waals surface area contributed by atoms with Gasteiger partial charge in [-0.05, 0) is 25.1 Å². The van der Waals surface area contributed by atoms with E-state index in [2.05, 4.69) is 15.1 Å². The maximum atomic E-state index is 6.13. The predicted octanol–water partition coefficient (Wildman–Crippen LogP) is 2.69. The van der Waals surface area contributed by atoms with Crippen LogP contribution in [-0.4, -0.2) is 39.1 Å². The van der Waals surface area contributed by atoms with Crippen molar-refractivity contribution in [3.63, 3.8) is 0 Å². The zero-order valence-corrected chi connectivity index (χ0v) is 13.3. The average molecular weight is 331 g/mol. The molecule has 0 radical (unpaired) electrons. The van der Waals surface area contributed by atoms with E-state index in [1.165, 1.54) is 0 Å². The number of aryl methyl sites for hydroxylation is 1. The summed E-state index contributed by atoms with van der Waals surface area (Å²) < 4.78 is 12.8. The number of rotatable bonds is 4. The summed E-state index contributed by atoms with van der Waals surface area (Å²) in [5, 5.41) is 5.85. The minimum Gasteiger partial charge on any atom is -0.376 e. The van der Waals surface area contributed by atoms with Crippen molar-refractivity contribution in [2.45, 2.75) is 19.6 Å². The molecule has 0 N–H and O–H groups in total. The molecule has 0 amide bonds. The van der Waals surface area contributed by atoms with Gasteiger partial charge in [-0.2, -0.15) is 5.10 Å². The second-order valence-corrected chi connectivity index (χ2v) is 5.90. The van der Waals surface area contributed by atoms with Gasteiger partial charge in [0.1, 0.15) is 11.3 Å². The Labute approximate surface area is 138 Å². The molecule has 0 spiro atoms. The zero-order chi connectivity index (χ0) is 15.8. The number of pyridine rings is 2. The maximum Gasteiger partial charge on any atom is 0.130 e. The molecule has 0 saturated carbocycles. The van der Waals surface area contributed by atoms with E-state index in [-0.39, 0.29) is 6.10 Å². The number of aromatic nitrogens is 4. The molecule has 0 atom stereocenters. The normalized spacial score (nSPS) is 15.0. The van der Waals surface area contributed by atoms with E-state index in [1.54, 1.807) is 12.4 Å². The number of hydrogen-bond donors (Lipinski definition) is 0. The second kappa shape index (κ2) is 5.88. The van der Waals surface area contributed by atoms with Crippen LogP contribution >= 0.6 is 11.6 Å². The Morgan fingerprint density at radius 2 is 2.26 bits per heavy atom. The minimum absolute atomic E-state index is 0.130. The summed E-state index contributed by atoms with van der Waals surface area (Å²) >= 11 is 6.13. The number of hydrogen-bond acceptors (Lipinski definition) is 5. The summed E-state index contributed by atoms with van der Waals surface area (Å²) in [5.74, 6) is 0. The number of fused-ring (bicyclic) bond motifs is 1. The van der Waals surface area contributed by atoms with Crippen molar-refractivity contribution in [1.29, 1.82) is 0 Å². The zero-order valence-electron chi connectivity index (χ0n) is 12.6. The molecule has 23 heavy (non-hydrogen) atoms. The third-order valence-corrected chi connectivity index (χ3v) is 3.97. The number of halogens is 1. The Hall–Kier alpha value is -2.02. The highest BCUT2D eigenvalue weighted by atomic mass is 35.5. The number of ether oxygens (including phenoxy) is 2. The molecule has 4 rings (SSSR count). The fraction of sp³-hybridized carbons (Fsp3) is 0.312. The lowest BCUT2D eigenvalue weighted by Crippen LogP contribution is -2.35. The quantitative estimate of drug-likeness (QED) is 0.688. The molecule has 7 heteroatoms. The maximum absolute atomic E-state index is 6.13. The summed E-state index contributed by atoms with van der Waals surface area (Å²) in [6.07, 6.45) is 3.68. The van der Waals surface area contributed by atoms with Gasteiger partial charge in [0, 0.05) is 17.3 Å². The van der Waals surface area contributed by atoms with E-state index in [1.807, 2.05) is 29.8 Å². The molecule has 1 fully saturated rings. The van der Waals surface area contributed by atoms with E-state index in [9.17, 15) is 0 Å². The molecule has 0 unspecified atom stereocenters. The van der Waals surface area contributed by atoms with Crippen LogP contribution in [0.25, 0.3) is 16.6 Å². The van der Waals surface area contributed by atoms with Crippen molar-refractivity contribution in [2.75, 3.05) is 13.2 Å². The Morgan fingerprint density at radius 1 is 1.39 bits per heavy atom. The molecular weight excluding hydrogens is 316 g/mol. The van der Waals surface area contributed by atoms with Gasteiger partial charge in [0.05, 0.1) is 42.9 Å². The van der Waals surface area contributed by atoms with Crippen molar-refractivity contribution in [1.82, 2.24) is 19.7 Å². The molecule has 1 aliphatic heterocycles. The topological polar surface area (TPSA) is 62.1 Å². The first-order chi connectivity index (χ1) is 11.2. The van der Waals surface area contributed by atoms with E-state index in [0.717, 1.165) is 28.0 Å². The van der Waals surface area contributed by atoms with E-state index in [0.29, 0.717) is 25.0 Å². The van der Waals surface area contributed by atoms with Gasteiger partial charge in [-0.1, -0.05) is 11.6 Å². The van der Waals surface area contributed by atoms with Gasteiger partial charge in [0.25, 0.3) is 0 Å². The van der Waals surface area contributed by atoms with Crippen LogP contribution in [0.5, 0.6) is 0 Å². The van der Waals surface area contributed by atoms with Gasteiger partial charge in [0.2, 0.25) is 0 Å². The van der Waals surface area contributed by atoms with Crippen molar-refractivity contribution < 1.29 is 9.47 Å². The molecule has 1 saturated heterocycles. The Balaban J connectivity index is 1.78. The fourth-order valence-electron chi connectivity index (χ4n) is 2.56. The van der Waals surface area contributed by atoms with Crippen molar-refractivity contribution in [2.24, 2.45) is 0 Å². The highest BCUT2D eigenvalue weighted by molar-refractivity contribution is 6.30. The summed E-state index contributed by atoms with van der Waals surface area (Å²) in [4.78, 5) is 8.66. The fourth-order valence-corrected chi connectivity index (χ4v) is 2.78. The smallest absolute Gasteiger partial charge is 0.130 e. The van der Waals surface area contributed by atoms with Crippen LogP contribution in [0.3, 0.4) is 0 Å². The van der Waals surface area contributed by atoms with Gasteiger partial charge in [-0.15, -0.1) is 0 Å². The van der Waals surface area contributed by atoms with Crippen LogP contribution in [-0.2, 0) is 16.1 Å². The Bertz CT molecular complexity index is 860. The van der Waals surface area contributed by atoms with Gasteiger partial charge in [-0.25, -0.2) is 9.67 Å². The van der Waals surface area contributed by atoms with Gasteiger partial charge in [-0.3, -0.25) is 4.98 Å². The summed E-state index contributed by atoms with van der Waals surface area (Å²) in [5.41, 5.74) is 3.54. The molecule has 6 nitrogen and oxygen atoms in total. The van der Waals surface area contributed by atoms with Gasteiger partial charge in [0.15, 0.2) is 0 Å². The molecule has 3 aromatic rings. The molecule has 118 valence electrons. The molecule has 0 bridgehead atoms. The van der Waals surface area contributed by atoms with Crippen molar-refractivity contribution in [3.8, 4) is 5.69 Å². The lowest BCUT2D eigenvalue weighted by molar-refractivity contribution is -0.135.